The average molecular weight is 239 g/mol. The van der Waals surface area contributed by atoms with E-state index in [0.29, 0.717) is 6.54 Å². The molecule has 0 bridgehead atoms. The molecule has 0 aromatic heterocycles. The summed E-state index contributed by atoms with van der Waals surface area (Å²) in [6, 6.07) is 3.43. The Labute approximate surface area is 101 Å². The second-order valence-corrected chi connectivity index (χ2v) is 4.10. The first kappa shape index (κ1) is 13.5. The van der Waals surface area contributed by atoms with Gasteiger partial charge >= 0.3 is 0 Å². The summed E-state index contributed by atoms with van der Waals surface area (Å²) in [5.74, 6) is -1.14. The van der Waals surface area contributed by atoms with Crippen LogP contribution in [0.5, 0.6) is 5.75 Å². The van der Waals surface area contributed by atoms with Gasteiger partial charge in [-0.25, -0.2) is 4.39 Å². The molecule has 1 amide bonds. The third-order valence-corrected chi connectivity index (χ3v) is 2.63. The van der Waals surface area contributed by atoms with Gasteiger partial charge in [0, 0.05) is 19.7 Å². The van der Waals surface area contributed by atoms with E-state index < -0.39 is 5.82 Å². The summed E-state index contributed by atoms with van der Waals surface area (Å²) < 4.78 is 12.8. The van der Waals surface area contributed by atoms with Crippen molar-refractivity contribution in [1.82, 2.24) is 4.90 Å². The minimum absolute atomic E-state index is 0.144. The van der Waals surface area contributed by atoms with Crippen LogP contribution in [0.3, 0.4) is 0 Å². The Balaban J connectivity index is 2.68. The summed E-state index contributed by atoms with van der Waals surface area (Å²) in [6.45, 7) is 2.73. The van der Waals surface area contributed by atoms with Gasteiger partial charge in [0.25, 0.3) is 5.91 Å². The van der Waals surface area contributed by atoms with Crippen molar-refractivity contribution < 1.29 is 14.3 Å². The highest BCUT2D eigenvalue weighted by atomic mass is 19.1. The molecule has 0 saturated heterocycles. The molecule has 1 N–H and O–H groups in total. The number of hydrogen-bond acceptors (Lipinski definition) is 2. The number of unbranched alkanes of at least 4 members (excludes halogenated alkanes) is 2. The third-order valence-electron chi connectivity index (χ3n) is 2.63. The van der Waals surface area contributed by atoms with Crippen molar-refractivity contribution in [3.05, 3.63) is 29.6 Å². The molecule has 1 aromatic carbocycles. The molecule has 0 unspecified atom stereocenters. The first-order valence-corrected chi connectivity index (χ1v) is 5.80. The fourth-order valence-electron chi connectivity index (χ4n) is 1.59. The molecule has 0 aliphatic heterocycles. The van der Waals surface area contributed by atoms with Gasteiger partial charge in [0.2, 0.25) is 0 Å². The van der Waals surface area contributed by atoms with Gasteiger partial charge in [0.1, 0.15) is 11.6 Å². The number of carbonyl (C=O) groups is 1. The van der Waals surface area contributed by atoms with Crippen LogP contribution in [0.4, 0.5) is 4.39 Å². The van der Waals surface area contributed by atoms with E-state index in [9.17, 15) is 14.3 Å². The molecule has 0 aliphatic carbocycles. The Bertz CT molecular complexity index is 393. The lowest BCUT2D eigenvalue weighted by Crippen LogP contribution is -2.27. The number of rotatable bonds is 5. The highest BCUT2D eigenvalue weighted by Crippen LogP contribution is 2.19. The molecule has 17 heavy (non-hydrogen) atoms. The zero-order chi connectivity index (χ0) is 12.8. The van der Waals surface area contributed by atoms with Crippen molar-refractivity contribution in [2.45, 2.75) is 26.2 Å². The van der Waals surface area contributed by atoms with Gasteiger partial charge in [-0.15, -0.1) is 0 Å². The maximum absolute atomic E-state index is 12.8. The molecule has 0 spiro atoms. The number of nitrogens with zero attached hydrogens (tertiary/aromatic N) is 1. The van der Waals surface area contributed by atoms with Crippen LogP contribution in [-0.2, 0) is 0 Å². The Morgan fingerprint density at radius 3 is 2.71 bits per heavy atom. The highest BCUT2D eigenvalue weighted by molar-refractivity contribution is 5.96. The predicted octanol–water partition coefficient (Wildman–Crippen LogP) is 2.79. The summed E-state index contributed by atoms with van der Waals surface area (Å²) in [4.78, 5) is 13.5. The lowest BCUT2D eigenvalue weighted by molar-refractivity contribution is 0.0789. The van der Waals surface area contributed by atoms with Crippen LogP contribution in [0, 0.1) is 5.82 Å². The number of amides is 1. The number of halogens is 1. The molecule has 3 nitrogen and oxygen atoms in total. The minimum atomic E-state index is -0.548. The maximum Gasteiger partial charge on any atom is 0.257 e. The molecule has 0 fully saturated rings. The first-order valence-electron chi connectivity index (χ1n) is 5.80. The van der Waals surface area contributed by atoms with E-state index in [4.69, 9.17) is 0 Å². The zero-order valence-corrected chi connectivity index (χ0v) is 10.2. The summed E-state index contributed by atoms with van der Waals surface area (Å²) in [7, 11) is 1.68. The van der Waals surface area contributed by atoms with E-state index in [0.717, 1.165) is 25.3 Å². The van der Waals surface area contributed by atoms with Gasteiger partial charge in [-0.05, 0) is 18.6 Å². The van der Waals surface area contributed by atoms with Crippen molar-refractivity contribution in [1.29, 1.82) is 0 Å². The standard InChI is InChI=1S/C13H18FNO2/c1-3-4-5-8-15(2)13(17)11-7-6-10(14)9-12(11)16/h6-7,9,16H,3-5,8H2,1-2H3. The van der Waals surface area contributed by atoms with Gasteiger partial charge in [-0.2, -0.15) is 0 Å². The molecule has 0 radical (unpaired) electrons. The van der Waals surface area contributed by atoms with Gasteiger partial charge in [0.05, 0.1) is 5.56 Å². The molecule has 0 saturated carbocycles. The van der Waals surface area contributed by atoms with Crippen molar-refractivity contribution in [2.75, 3.05) is 13.6 Å². The van der Waals surface area contributed by atoms with Gasteiger partial charge < -0.3 is 10.0 Å². The molecule has 0 aliphatic rings. The van der Waals surface area contributed by atoms with Gasteiger partial charge in [-0.1, -0.05) is 19.8 Å². The van der Waals surface area contributed by atoms with E-state index in [1.807, 2.05) is 0 Å². The zero-order valence-electron chi connectivity index (χ0n) is 10.2. The van der Waals surface area contributed by atoms with Crippen molar-refractivity contribution in [2.24, 2.45) is 0 Å². The quantitative estimate of drug-likeness (QED) is 0.803. The van der Waals surface area contributed by atoms with Crippen LogP contribution < -0.4 is 0 Å². The molecule has 94 valence electrons. The summed E-state index contributed by atoms with van der Waals surface area (Å²) >= 11 is 0. The van der Waals surface area contributed by atoms with E-state index in [2.05, 4.69) is 6.92 Å². The smallest absolute Gasteiger partial charge is 0.257 e. The maximum atomic E-state index is 12.8. The minimum Gasteiger partial charge on any atom is -0.507 e. The second-order valence-electron chi connectivity index (χ2n) is 4.10. The molecule has 1 rings (SSSR count). The van der Waals surface area contributed by atoms with E-state index in [1.165, 1.54) is 12.1 Å². The fraction of sp³-hybridized carbons (Fsp3) is 0.462. The Morgan fingerprint density at radius 2 is 2.12 bits per heavy atom. The summed E-state index contributed by atoms with van der Waals surface area (Å²) in [5.41, 5.74) is 0.144. The molecule has 1 aromatic rings. The Kier molecular flexibility index (Phi) is 4.94. The highest BCUT2D eigenvalue weighted by Gasteiger charge is 2.15. The fourth-order valence-corrected chi connectivity index (χ4v) is 1.59. The van der Waals surface area contributed by atoms with Crippen LogP contribution in [0.1, 0.15) is 36.5 Å². The second kappa shape index (κ2) is 6.23. The number of phenolic OH excluding ortho intramolecular Hbond substituents is 1. The van der Waals surface area contributed by atoms with E-state index in [1.54, 1.807) is 11.9 Å². The first-order chi connectivity index (χ1) is 8.06. The predicted molar refractivity (Wildman–Crippen MR) is 64.6 cm³/mol. The third kappa shape index (κ3) is 3.73. The number of aromatic hydroxyl groups is 1. The molecule has 0 heterocycles. The van der Waals surface area contributed by atoms with E-state index in [-0.39, 0.29) is 17.2 Å². The summed E-state index contributed by atoms with van der Waals surface area (Å²) in [5, 5.41) is 9.49. The van der Waals surface area contributed by atoms with Crippen molar-refractivity contribution >= 4 is 5.91 Å². The van der Waals surface area contributed by atoms with E-state index >= 15 is 0 Å². The summed E-state index contributed by atoms with van der Waals surface area (Å²) in [6.07, 6.45) is 3.08. The Morgan fingerprint density at radius 1 is 1.41 bits per heavy atom. The van der Waals surface area contributed by atoms with Crippen LogP contribution in [0.2, 0.25) is 0 Å². The SMILES string of the molecule is CCCCCN(C)C(=O)c1ccc(F)cc1O. The number of benzene rings is 1. The van der Waals surface area contributed by atoms with Crippen molar-refractivity contribution in [3.63, 3.8) is 0 Å². The number of carbonyl (C=O) groups excluding carboxylic acids is 1. The topological polar surface area (TPSA) is 40.5 Å². The van der Waals surface area contributed by atoms with Crippen LogP contribution >= 0.6 is 0 Å². The largest absolute Gasteiger partial charge is 0.507 e. The molecular formula is C13H18FNO2. The lowest BCUT2D eigenvalue weighted by Gasteiger charge is -2.17. The van der Waals surface area contributed by atoms with Crippen LogP contribution in [-0.4, -0.2) is 29.5 Å². The normalized spacial score (nSPS) is 10.3. The average Bonchev–Trinajstić information content (AvgIpc) is 2.28. The Hall–Kier alpha value is -1.58. The monoisotopic (exact) mass is 239 g/mol. The number of phenols is 1. The molecule has 4 heteroatoms. The molecule has 0 atom stereocenters. The number of hydrogen-bond donors (Lipinski definition) is 1. The van der Waals surface area contributed by atoms with Crippen LogP contribution in [0.25, 0.3) is 0 Å². The molecular weight excluding hydrogens is 221 g/mol. The lowest BCUT2D eigenvalue weighted by atomic mass is 10.1. The van der Waals surface area contributed by atoms with Gasteiger partial charge in [0.15, 0.2) is 0 Å². The van der Waals surface area contributed by atoms with Crippen LogP contribution in [0.15, 0.2) is 18.2 Å². The van der Waals surface area contributed by atoms with Crippen molar-refractivity contribution in [3.8, 4) is 5.75 Å². The van der Waals surface area contributed by atoms with Gasteiger partial charge in [-0.3, -0.25) is 4.79 Å².